The third-order valence-electron chi connectivity index (χ3n) is 2.04. The van der Waals surface area contributed by atoms with Gasteiger partial charge in [0.1, 0.15) is 7.14 Å². The van der Waals surface area contributed by atoms with Gasteiger partial charge in [-0.3, -0.25) is 0 Å². The Morgan fingerprint density at radius 2 is 1.69 bits per heavy atom. The molecule has 0 amide bonds. The predicted octanol–water partition coefficient (Wildman–Crippen LogP) is 1.95. The van der Waals surface area contributed by atoms with E-state index in [0.717, 1.165) is 10.9 Å². The Kier molecular flexibility index (Phi) is 2.94. The summed E-state index contributed by atoms with van der Waals surface area (Å²) in [6, 6.07) is 7.74. The van der Waals surface area contributed by atoms with Gasteiger partial charge in [-0.1, -0.05) is 24.3 Å². The van der Waals surface area contributed by atoms with Gasteiger partial charge in [-0.15, -0.1) is 0 Å². The molecule has 1 aromatic carbocycles. The summed E-state index contributed by atoms with van der Waals surface area (Å²) in [7, 11) is -2.11. The Morgan fingerprint density at radius 3 is 2.00 bits per heavy atom. The topological polar surface area (TPSA) is 43.1 Å². The second kappa shape index (κ2) is 3.65. The van der Waals surface area contributed by atoms with E-state index in [1.165, 1.54) is 0 Å². The fourth-order valence-corrected chi connectivity index (χ4v) is 2.00. The van der Waals surface area contributed by atoms with Crippen molar-refractivity contribution in [2.24, 2.45) is 5.73 Å². The van der Waals surface area contributed by atoms with Crippen molar-refractivity contribution in [3.05, 3.63) is 29.8 Å². The minimum atomic E-state index is -2.11. The molecule has 0 bridgehead atoms. The summed E-state index contributed by atoms with van der Waals surface area (Å²) in [6.07, 6.45) is 0. The fourth-order valence-electron chi connectivity index (χ4n) is 1.14. The van der Waals surface area contributed by atoms with Crippen LogP contribution in [0.1, 0.15) is 18.5 Å². The van der Waals surface area contributed by atoms with E-state index in [-0.39, 0.29) is 6.04 Å². The molecule has 0 radical (unpaired) electrons. The van der Waals surface area contributed by atoms with E-state index in [1.807, 2.05) is 31.2 Å². The van der Waals surface area contributed by atoms with E-state index in [4.69, 9.17) is 5.73 Å². The van der Waals surface area contributed by atoms with Crippen LogP contribution < -0.4 is 11.0 Å². The molecular weight excluding hydrogens is 181 g/mol. The van der Waals surface area contributed by atoms with Crippen molar-refractivity contribution < 1.29 is 4.57 Å². The molecule has 0 aliphatic heterocycles. The van der Waals surface area contributed by atoms with Crippen LogP contribution >= 0.6 is 7.14 Å². The first kappa shape index (κ1) is 10.5. The van der Waals surface area contributed by atoms with E-state index in [2.05, 4.69) is 0 Å². The Balaban J connectivity index is 3.01. The first-order chi connectivity index (χ1) is 5.91. The summed E-state index contributed by atoms with van der Waals surface area (Å²) in [4.78, 5) is 0. The van der Waals surface area contributed by atoms with Gasteiger partial charge in [0.05, 0.1) is 0 Å². The maximum absolute atomic E-state index is 11.7. The zero-order valence-electron chi connectivity index (χ0n) is 8.32. The van der Waals surface area contributed by atoms with Gasteiger partial charge in [-0.05, 0) is 25.8 Å². The van der Waals surface area contributed by atoms with Crippen molar-refractivity contribution in [3.8, 4) is 0 Å². The van der Waals surface area contributed by atoms with Crippen molar-refractivity contribution >= 4 is 12.4 Å². The maximum Gasteiger partial charge on any atom is 0.109 e. The molecule has 3 heteroatoms. The lowest BCUT2D eigenvalue weighted by Gasteiger charge is -2.09. The van der Waals surface area contributed by atoms with Crippen LogP contribution in [0.3, 0.4) is 0 Å². The standard InChI is InChI=1S/C10H16NOP/c1-8(11)9-4-6-10(7-5-9)13(2,3)12/h4-8H,11H2,1-3H3. The van der Waals surface area contributed by atoms with Gasteiger partial charge in [0.15, 0.2) is 0 Å². The SMILES string of the molecule is CC(N)c1ccc(P(C)(C)=O)cc1. The van der Waals surface area contributed by atoms with E-state index in [0.29, 0.717) is 0 Å². The molecule has 0 heterocycles. The van der Waals surface area contributed by atoms with E-state index in [1.54, 1.807) is 13.3 Å². The average molecular weight is 197 g/mol. The number of benzene rings is 1. The molecule has 0 saturated carbocycles. The quantitative estimate of drug-likeness (QED) is 0.736. The average Bonchev–Trinajstić information content (AvgIpc) is 2.03. The van der Waals surface area contributed by atoms with Gasteiger partial charge >= 0.3 is 0 Å². The lowest BCUT2D eigenvalue weighted by molar-refractivity contribution is 0.588. The molecule has 1 unspecified atom stereocenters. The molecule has 2 nitrogen and oxygen atoms in total. The minimum absolute atomic E-state index is 0.0437. The van der Waals surface area contributed by atoms with Crippen LogP contribution in [0, 0.1) is 0 Å². The molecular formula is C10H16NOP. The highest BCUT2D eigenvalue weighted by atomic mass is 31.2. The lowest BCUT2D eigenvalue weighted by atomic mass is 10.1. The largest absolute Gasteiger partial charge is 0.324 e. The zero-order chi connectivity index (χ0) is 10.1. The van der Waals surface area contributed by atoms with Crippen molar-refractivity contribution in [2.75, 3.05) is 13.3 Å². The van der Waals surface area contributed by atoms with Crippen molar-refractivity contribution in [2.45, 2.75) is 13.0 Å². The van der Waals surface area contributed by atoms with Crippen LogP contribution in [0.2, 0.25) is 0 Å². The van der Waals surface area contributed by atoms with Crippen LogP contribution in [0.25, 0.3) is 0 Å². The number of rotatable bonds is 2. The zero-order valence-corrected chi connectivity index (χ0v) is 9.21. The monoisotopic (exact) mass is 197 g/mol. The maximum atomic E-state index is 11.7. The molecule has 0 saturated heterocycles. The third kappa shape index (κ3) is 2.68. The predicted molar refractivity (Wildman–Crippen MR) is 58.1 cm³/mol. The summed E-state index contributed by atoms with van der Waals surface area (Å²) in [5, 5.41) is 0.914. The summed E-state index contributed by atoms with van der Waals surface area (Å²) in [5.74, 6) is 0. The highest BCUT2D eigenvalue weighted by molar-refractivity contribution is 7.70. The lowest BCUT2D eigenvalue weighted by Crippen LogP contribution is -2.08. The molecule has 0 aromatic heterocycles. The minimum Gasteiger partial charge on any atom is -0.324 e. The van der Waals surface area contributed by atoms with Gasteiger partial charge in [-0.2, -0.15) is 0 Å². The fraction of sp³-hybridized carbons (Fsp3) is 0.400. The van der Waals surface area contributed by atoms with Crippen LogP contribution in [-0.2, 0) is 4.57 Å². The highest BCUT2D eigenvalue weighted by Gasteiger charge is 2.10. The van der Waals surface area contributed by atoms with Crippen LogP contribution in [-0.4, -0.2) is 13.3 Å². The Hall–Kier alpha value is -0.590. The first-order valence-corrected chi connectivity index (χ1v) is 6.92. The smallest absolute Gasteiger partial charge is 0.109 e. The molecule has 1 rings (SSSR count). The summed E-state index contributed by atoms with van der Waals surface area (Å²) >= 11 is 0. The molecule has 1 atom stereocenters. The molecule has 0 fully saturated rings. The first-order valence-electron chi connectivity index (χ1n) is 4.32. The van der Waals surface area contributed by atoms with Crippen LogP contribution in [0.4, 0.5) is 0 Å². The van der Waals surface area contributed by atoms with Crippen molar-refractivity contribution in [1.29, 1.82) is 0 Å². The Bertz CT molecular complexity index is 323. The number of nitrogens with two attached hydrogens (primary N) is 1. The molecule has 0 aliphatic carbocycles. The summed E-state index contributed by atoms with van der Waals surface area (Å²) in [6.45, 7) is 5.48. The molecule has 0 aliphatic rings. The Labute approximate surface area is 79.5 Å². The molecule has 1 aromatic rings. The number of hydrogen-bond donors (Lipinski definition) is 1. The van der Waals surface area contributed by atoms with Gasteiger partial charge in [0.2, 0.25) is 0 Å². The molecule has 0 spiro atoms. The van der Waals surface area contributed by atoms with Crippen molar-refractivity contribution in [3.63, 3.8) is 0 Å². The summed E-state index contributed by atoms with van der Waals surface area (Å²) in [5.41, 5.74) is 6.78. The normalized spacial score (nSPS) is 14.2. The summed E-state index contributed by atoms with van der Waals surface area (Å²) < 4.78 is 11.7. The van der Waals surface area contributed by atoms with E-state index in [9.17, 15) is 4.57 Å². The van der Waals surface area contributed by atoms with Crippen molar-refractivity contribution in [1.82, 2.24) is 0 Å². The highest BCUT2D eigenvalue weighted by Crippen LogP contribution is 2.34. The van der Waals surface area contributed by atoms with Gasteiger partial charge in [0, 0.05) is 11.3 Å². The van der Waals surface area contributed by atoms with Gasteiger partial charge < -0.3 is 10.3 Å². The van der Waals surface area contributed by atoms with Gasteiger partial charge in [0.25, 0.3) is 0 Å². The second-order valence-electron chi connectivity index (χ2n) is 3.73. The van der Waals surface area contributed by atoms with Crippen LogP contribution in [0.15, 0.2) is 24.3 Å². The van der Waals surface area contributed by atoms with Gasteiger partial charge in [-0.25, -0.2) is 0 Å². The third-order valence-corrected chi connectivity index (χ3v) is 3.58. The van der Waals surface area contributed by atoms with Crippen LogP contribution in [0.5, 0.6) is 0 Å². The second-order valence-corrected chi connectivity index (χ2v) is 6.95. The van der Waals surface area contributed by atoms with E-state index >= 15 is 0 Å². The number of hydrogen-bond acceptors (Lipinski definition) is 2. The molecule has 2 N–H and O–H groups in total. The Morgan fingerprint density at radius 1 is 1.23 bits per heavy atom. The molecule has 13 heavy (non-hydrogen) atoms. The molecule has 72 valence electrons. The van der Waals surface area contributed by atoms with E-state index < -0.39 is 7.14 Å².